The maximum Gasteiger partial charge on any atom is 0.472 e. The van der Waals surface area contributed by atoms with E-state index in [0.717, 1.165) is 128 Å². The van der Waals surface area contributed by atoms with Crippen molar-refractivity contribution < 1.29 is 80.2 Å². The Hall–Kier alpha value is -2.46. The summed E-state index contributed by atoms with van der Waals surface area (Å²) in [5.41, 5.74) is 0. The van der Waals surface area contributed by atoms with E-state index in [1.807, 2.05) is 0 Å². The molecule has 0 fully saturated rings. The van der Waals surface area contributed by atoms with Gasteiger partial charge in [0, 0.05) is 25.7 Å². The highest BCUT2D eigenvalue weighted by Gasteiger charge is 2.30. The molecule has 0 radical (unpaired) electrons. The summed E-state index contributed by atoms with van der Waals surface area (Å²) in [6.07, 6.45) is 57.7. The van der Waals surface area contributed by atoms with E-state index < -0.39 is 97.5 Å². The number of unbranched alkanes of at least 4 members (excludes halogenated alkanes) is 40. The molecule has 0 aliphatic heterocycles. The molecule has 0 bridgehead atoms. The number of allylic oxidation sites excluding steroid dienone is 4. The van der Waals surface area contributed by atoms with Crippen LogP contribution in [0.3, 0.4) is 0 Å². The molecule has 0 aromatic carbocycles. The van der Waals surface area contributed by atoms with Gasteiger partial charge in [-0.15, -0.1) is 0 Å². The molecule has 19 heteroatoms. The lowest BCUT2D eigenvalue weighted by atomic mass is 9.99. The van der Waals surface area contributed by atoms with Crippen LogP contribution in [0.2, 0.25) is 0 Å². The predicted molar refractivity (Wildman–Crippen MR) is 377 cm³/mol. The highest BCUT2D eigenvalue weighted by molar-refractivity contribution is 7.47. The largest absolute Gasteiger partial charge is 0.472 e. The van der Waals surface area contributed by atoms with Gasteiger partial charge in [0.05, 0.1) is 26.4 Å². The average Bonchev–Trinajstić information content (AvgIpc) is 3.02. The van der Waals surface area contributed by atoms with Gasteiger partial charge in [-0.1, -0.05) is 309 Å². The van der Waals surface area contributed by atoms with E-state index >= 15 is 0 Å². The summed E-state index contributed by atoms with van der Waals surface area (Å²) in [4.78, 5) is 72.6. The minimum atomic E-state index is -4.96. The Kier molecular flexibility index (Phi) is 65.0. The van der Waals surface area contributed by atoms with Gasteiger partial charge in [-0.3, -0.25) is 37.3 Å². The zero-order valence-corrected chi connectivity index (χ0v) is 61.7. The lowest BCUT2D eigenvalue weighted by Crippen LogP contribution is -2.30. The van der Waals surface area contributed by atoms with E-state index in [1.54, 1.807) is 0 Å². The van der Waals surface area contributed by atoms with Crippen LogP contribution < -0.4 is 0 Å². The fourth-order valence-electron chi connectivity index (χ4n) is 10.8. The van der Waals surface area contributed by atoms with Crippen LogP contribution in [0.4, 0.5) is 0 Å². The van der Waals surface area contributed by atoms with Crippen molar-refractivity contribution >= 4 is 39.5 Å². The molecule has 0 saturated heterocycles. The number of aliphatic hydroxyl groups is 1. The van der Waals surface area contributed by atoms with Gasteiger partial charge >= 0.3 is 39.5 Å². The summed E-state index contributed by atoms with van der Waals surface area (Å²) >= 11 is 0. The number of aliphatic hydroxyl groups excluding tert-OH is 1. The molecular formula is C74H140O17P2. The van der Waals surface area contributed by atoms with Crippen LogP contribution in [0, 0.1) is 5.92 Å². The molecule has 0 heterocycles. The first-order chi connectivity index (χ1) is 45.1. The molecule has 3 unspecified atom stereocenters. The highest BCUT2D eigenvalue weighted by atomic mass is 31.2. The van der Waals surface area contributed by atoms with E-state index in [4.69, 9.17) is 37.0 Å². The highest BCUT2D eigenvalue weighted by Crippen LogP contribution is 2.45. The number of phosphoric acid groups is 2. The Balaban J connectivity index is 5.24. The number of hydrogen-bond donors (Lipinski definition) is 3. The van der Waals surface area contributed by atoms with Crippen molar-refractivity contribution in [1.82, 2.24) is 0 Å². The minimum Gasteiger partial charge on any atom is -0.462 e. The smallest absolute Gasteiger partial charge is 0.462 e. The van der Waals surface area contributed by atoms with Crippen molar-refractivity contribution in [2.75, 3.05) is 39.6 Å². The maximum atomic E-state index is 13.1. The number of carbonyl (C=O) groups excluding carboxylic acids is 4. The van der Waals surface area contributed by atoms with Crippen molar-refractivity contribution in [1.29, 1.82) is 0 Å². The number of hydrogen-bond acceptors (Lipinski definition) is 15. The fraction of sp³-hybridized carbons (Fsp3) is 0.892. The minimum absolute atomic E-state index is 0.101. The molecule has 0 aromatic heterocycles. The first kappa shape index (κ1) is 90.5. The van der Waals surface area contributed by atoms with Crippen LogP contribution in [0.25, 0.3) is 0 Å². The molecule has 0 spiro atoms. The van der Waals surface area contributed by atoms with E-state index in [2.05, 4.69) is 58.9 Å². The van der Waals surface area contributed by atoms with Crippen LogP contribution in [-0.4, -0.2) is 96.7 Å². The summed E-state index contributed by atoms with van der Waals surface area (Å²) < 4.78 is 68.3. The van der Waals surface area contributed by atoms with Crippen LogP contribution in [-0.2, 0) is 65.4 Å². The molecule has 3 N–H and O–H groups in total. The summed E-state index contributed by atoms with van der Waals surface area (Å²) in [7, 11) is -9.91. The molecule has 17 nitrogen and oxygen atoms in total. The Bertz CT molecular complexity index is 1880. The lowest BCUT2D eigenvalue weighted by Gasteiger charge is -2.21. The van der Waals surface area contributed by atoms with Crippen LogP contribution >= 0.6 is 15.6 Å². The van der Waals surface area contributed by atoms with Crippen LogP contribution in [0.15, 0.2) is 24.3 Å². The van der Waals surface area contributed by atoms with E-state index in [-0.39, 0.29) is 25.7 Å². The molecule has 0 rings (SSSR count). The molecular weight excluding hydrogens is 1220 g/mol. The molecule has 548 valence electrons. The average molecular weight is 1360 g/mol. The molecule has 6 atom stereocenters. The van der Waals surface area contributed by atoms with Crippen molar-refractivity contribution in [3.05, 3.63) is 24.3 Å². The Labute approximate surface area is 567 Å². The number of esters is 4. The third-order valence-corrected chi connectivity index (χ3v) is 18.9. The van der Waals surface area contributed by atoms with Crippen molar-refractivity contribution in [3.8, 4) is 0 Å². The molecule has 93 heavy (non-hydrogen) atoms. The van der Waals surface area contributed by atoms with E-state index in [9.17, 15) is 43.2 Å². The second kappa shape index (κ2) is 66.8. The van der Waals surface area contributed by atoms with Gasteiger partial charge in [0.15, 0.2) is 12.2 Å². The third-order valence-electron chi connectivity index (χ3n) is 17.0. The third kappa shape index (κ3) is 66.6. The normalized spacial score (nSPS) is 14.5. The second-order valence-electron chi connectivity index (χ2n) is 26.2. The number of carbonyl (C=O) groups is 4. The number of rotatable bonds is 72. The molecule has 0 aromatic rings. The molecule has 0 amide bonds. The lowest BCUT2D eigenvalue weighted by molar-refractivity contribution is -0.161. The first-order valence-corrected chi connectivity index (χ1v) is 41.0. The monoisotopic (exact) mass is 1360 g/mol. The Morgan fingerprint density at radius 3 is 0.914 bits per heavy atom. The molecule has 0 saturated carbocycles. The second-order valence-corrected chi connectivity index (χ2v) is 29.1. The maximum absolute atomic E-state index is 13.1. The van der Waals surface area contributed by atoms with Gasteiger partial charge in [0.1, 0.15) is 19.3 Å². The molecule has 0 aliphatic carbocycles. The predicted octanol–water partition coefficient (Wildman–Crippen LogP) is 21.2. The van der Waals surface area contributed by atoms with Gasteiger partial charge in [-0.25, -0.2) is 9.13 Å². The van der Waals surface area contributed by atoms with E-state index in [0.29, 0.717) is 25.7 Å². The SMILES string of the molecule is CCCCCC/C=C\C=C/CCCCCCCC(=O)OC[C@H](COP(=O)(O)OC[C@@H](O)COP(=O)(O)OC[C@@H](COC(=O)CCCCCCCCC)OC(=O)CCCCCCCCCCCCCCC)OC(=O)CCCCCCCCCCCCCCCCC(C)CC. The Morgan fingerprint density at radius 2 is 0.602 bits per heavy atom. The van der Waals surface area contributed by atoms with Gasteiger partial charge in [-0.2, -0.15) is 0 Å². The van der Waals surface area contributed by atoms with Gasteiger partial charge in [0.2, 0.25) is 0 Å². The summed E-state index contributed by atoms with van der Waals surface area (Å²) in [5.74, 6) is -1.31. The summed E-state index contributed by atoms with van der Waals surface area (Å²) in [5, 5.41) is 10.6. The fourth-order valence-corrected chi connectivity index (χ4v) is 12.4. The Morgan fingerprint density at radius 1 is 0.344 bits per heavy atom. The van der Waals surface area contributed by atoms with Crippen LogP contribution in [0.1, 0.15) is 362 Å². The van der Waals surface area contributed by atoms with Gasteiger partial charge in [0.25, 0.3) is 0 Å². The zero-order chi connectivity index (χ0) is 68.4. The number of ether oxygens (including phenoxy) is 4. The summed E-state index contributed by atoms with van der Waals surface area (Å²) in [6, 6.07) is 0. The van der Waals surface area contributed by atoms with Crippen LogP contribution in [0.5, 0.6) is 0 Å². The van der Waals surface area contributed by atoms with Crippen molar-refractivity contribution in [3.63, 3.8) is 0 Å². The van der Waals surface area contributed by atoms with Gasteiger partial charge < -0.3 is 33.8 Å². The van der Waals surface area contributed by atoms with Crippen molar-refractivity contribution in [2.45, 2.75) is 380 Å². The quantitative estimate of drug-likeness (QED) is 0.0169. The number of phosphoric ester groups is 2. The summed E-state index contributed by atoms with van der Waals surface area (Å²) in [6.45, 7) is 7.22. The topological polar surface area (TPSA) is 237 Å². The van der Waals surface area contributed by atoms with Crippen molar-refractivity contribution in [2.24, 2.45) is 5.92 Å². The molecule has 0 aliphatic rings. The zero-order valence-electron chi connectivity index (χ0n) is 59.9. The van der Waals surface area contributed by atoms with E-state index in [1.165, 1.54) is 154 Å². The van der Waals surface area contributed by atoms with Gasteiger partial charge in [-0.05, 0) is 57.3 Å². The standard InChI is InChI=1S/C74H140O17P2/c1-6-10-13-16-19-21-23-25-26-31-34-38-43-48-53-58-72(77)85-64-70(91-74(79)60-55-50-45-40-36-32-28-27-30-33-37-42-46-51-56-67(5)9-4)66-89-93(82,83)87-62-68(75)61-86-92(80,81)88-65-69(63-84-71(76)57-52-47-41-18-15-12-8-3)90-73(78)59-54-49-44-39-35-29-24-22-20-17-14-11-7-2/h21,23,25-26,67-70,75H,6-20,22,24,27-66H2,1-5H3,(H,80,81)(H,82,83)/b23-21-,26-25-/t67?,68-,69+,70+/m0/s1. The first-order valence-electron chi connectivity index (χ1n) is 38.0.